The van der Waals surface area contributed by atoms with Crippen molar-refractivity contribution in [2.45, 2.75) is 19.6 Å². The minimum Gasteiger partial charge on any atom is -0.368 e. The maximum atomic E-state index is 6.03. The van der Waals surface area contributed by atoms with Crippen LogP contribution in [0.1, 0.15) is 23.5 Å². The molecule has 102 valence electrons. The molecule has 1 atom stereocenters. The van der Waals surface area contributed by atoms with Crippen molar-refractivity contribution in [1.82, 2.24) is 0 Å². The molecule has 0 radical (unpaired) electrons. The molecular formula is C17H15IOS. The monoisotopic (exact) mass is 394 g/mol. The summed E-state index contributed by atoms with van der Waals surface area (Å²) in [6.45, 7) is 2.79. The van der Waals surface area contributed by atoms with Crippen LogP contribution in [0.3, 0.4) is 0 Å². The van der Waals surface area contributed by atoms with Crippen molar-refractivity contribution in [3.63, 3.8) is 0 Å². The van der Waals surface area contributed by atoms with Gasteiger partial charge >= 0.3 is 0 Å². The van der Waals surface area contributed by atoms with Crippen LogP contribution in [0.25, 0.3) is 10.1 Å². The quantitative estimate of drug-likeness (QED) is 0.510. The fraction of sp³-hybridized carbons (Fsp3) is 0.176. The van der Waals surface area contributed by atoms with E-state index in [9.17, 15) is 0 Å². The third-order valence-corrected chi connectivity index (χ3v) is 6.13. The van der Waals surface area contributed by atoms with Gasteiger partial charge < -0.3 is 4.74 Å². The molecule has 0 aliphatic carbocycles. The Bertz CT molecular complexity index is 705. The minimum atomic E-state index is 0.125. The average Bonchev–Trinajstić information content (AvgIpc) is 2.84. The van der Waals surface area contributed by atoms with E-state index in [0.29, 0.717) is 6.61 Å². The molecule has 0 fully saturated rings. The molecule has 0 aliphatic heterocycles. The fourth-order valence-corrected chi connectivity index (χ4v) is 4.68. The van der Waals surface area contributed by atoms with Crippen molar-refractivity contribution in [2.24, 2.45) is 0 Å². The van der Waals surface area contributed by atoms with Gasteiger partial charge in [-0.05, 0) is 41.1 Å². The van der Waals surface area contributed by atoms with Gasteiger partial charge in [-0.2, -0.15) is 0 Å². The van der Waals surface area contributed by atoms with Crippen LogP contribution in [-0.4, -0.2) is 0 Å². The number of thiophene rings is 1. The van der Waals surface area contributed by atoms with Gasteiger partial charge in [0.1, 0.15) is 0 Å². The Hall–Kier alpha value is -0.910. The summed E-state index contributed by atoms with van der Waals surface area (Å²) in [6, 6.07) is 18.9. The van der Waals surface area contributed by atoms with E-state index in [1.165, 1.54) is 24.1 Å². The van der Waals surface area contributed by atoms with Crippen molar-refractivity contribution < 1.29 is 4.74 Å². The van der Waals surface area contributed by atoms with Crippen LogP contribution in [-0.2, 0) is 11.3 Å². The van der Waals surface area contributed by atoms with Crippen LogP contribution in [0.5, 0.6) is 0 Å². The van der Waals surface area contributed by atoms with E-state index in [2.05, 4.69) is 65.9 Å². The zero-order valence-electron chi connectivity index (χ0n) is 11.2. The number of rotatable bonds is 4. The van der Waals surface area contributed by atoms with E-state index in [0.717, 1.165) is 0 Å². The van der Waals surface area contributed by atoms with Crippen molar-refractivity contribution >= 4 is 44.0 Å². The molecule has 0 bridgehead atoms. The second-order valence-electron chi connectivity index (χ2n) is 4.72. The molecule has 0 aliphatic rings. The highest BCUT2D eigenvalue weighted by Gasteiger charge is 2.15. The first-order valence-corrected chi connectivity index (χ1v) is 8.47. The Morgan fingerprint density at radius 1 is 1.05 bits per heavy atom. The third kappa shape index (κ3) is 2.90. The number of halogens is 1. The van der Waals surface area contributed by atoms with Crippen molar-refractivity contribution in [2.75, 3.05) is 0 Å². The first-order valence-electron chi connectivity index (χ1n) is 6.58. The van der Waals surface area contributed by atoms with Gasteiger partial charge in [0.05, 0.1) is 12.7 Å². The van der Waals surface area contributed by atoms with E-state index in [-0.39, 0.29) is 6.10 Å². The SMILES string of the molecule is CC(OCc1ccccc1)c1sc2ccccc2c1I. The molecule has 0 spiro atoms. The van der Waals surface area contributed by atoms with Crippen LogP contribution in [0.4, 0.5) is 0 Å². The van der Waals surface area contributed by atoms with Gasteiger partial charge in [-0.15, -0.1) is 11.3 Å². The molecule has 3 heteroatoms. The van der Waals surface area contributed by atoms with Gasteiger partial charge in [-0.25, -0.2) is 0 Å². The van der Waals surface area contributed by atoms with E-state index >= 15 is 0 Å². The van der Waals surface area contributed by atoms with Gasteiger partial charge in [-0.1, -0.05) is 48.5 Å². The summed E-state index contributed by atoms with van der Waals surface area (Å²) in [5.74, 6) is 0. The lowest BCUT2D eigenvalue weighted by Crippen LogP contribution is -1.99. The Kier molecular flexibility index (Phi) is 4.38. The normalized spacial score (nSPS) is 12.7. The van der Waals surface area contributed by atoms with Crippen molar-refractivity contribution in [3.8, 4) is 0 Å². The highest BCUT2D eigenvalue weighted by molar-refractivity contribution is 14.1. The second-order valence-corrected chi connectivity index (χ2v) is 6.88. The Balaban J connectivity index is 1.79. The number of ether oxygens (including phenoxy) is 1. The third-order valence-electron chi connectivity index (χ3n) is 3.27. The lowest BCUT2D eigenvalue weighted by atomic mass is 10.2. The van der Waals surface area contributed by atoms with Gasteiger partial charge in [0, 0.05) is 18.5 Å². The largest absolute Gasteiger partial charge is 0.368 e. The highest BCUT2D eigenvalue weighted by atomic mass is 127. The lowest BCUT2D eigenvalue weighted by Gasteiger charge is -2.12. The molecule has 0 N–H and O–H groups in total. The zero-order chi connectivity index (χ0) is 13.9. The lowest BCUT2D eigenvalue weighted by molar-refractivity contribution is 0.0545. The summed E-state index contributed by atoms with van der Waals surface area (Å²) in [5.41, 5.74) is 1.22. The molecular weight excluding hydrogens is 379 g/mol. The molecule has 3 rings (SSSR count). The molecule has 0 saturated carbocycles. The van der Waals surface area contributed by atoms with Crippen LogP contribution >= 0.6 is 33.9 Å². The molecule has 1 nitrogen and oxygen atoms in total. The molecule has 1 aromatic heterocycles. The predicted molar refractivity (Wildman–Crippen MR) is 94.2 cm³/mol. The topological polar surface area (TPSA) is 9.23 Å². The van der Waals surface area contributed by atoms with Gasteiger partial charge in [0.2, 0.25) is 0 Å². The number of fused-ring (bicyclic) bond motifs is 1. The summed E-state index contributed by atoms with van der Waals surface area (Å²) in [4.78, 5) is 1.32. The number of hydrogen-bond donors (Lipinski definition) is 0. The molecule has 2 aromatic carbocycles. The fourth-order valence-electron chi connectivity index (χ4n) is 2.17. The number of benzene rings is 2. The van der Waals surface area contributed by atoms with Crippen molar-refractivity contribution in [1.29, 1.82) is 0 Å². The Morgan fingerprint density at radius 2 is 1.75 bits per heavy atom. The Labute approximate surface area is 136 Å². The first-order chi connectivity index (χ1) is 9.75. The summed E-state index contributed by atoms with van der Waals surface area (Å²) >= 11 is 4.27. The standard InChI is InChI=1S/C17H15IOS/c1-12(19-11-13-7-3-2-4-8-13)17-16(18)14-9-5-6-10-15(14)20-17/h2-10,12H,11H2,1H3. The van der Waals surface area contributed by atoms with Crippen LogP contribution in [0.2, 0.25) is 0 Å². The molecule has 1 unspecified atom stereocenters. The van der Waals surface area contributed by atoms with Crippen LogP contribution in [0, 0.1) is 3.57 Å². The van der Waals surface area contributed by atoms with Gasteiger partial charge in [-0.3, -0.25) is 0 Å². The molecule has 0 amide bonds. The Morgan fingerprint density at radius 3 is 2.50 bits per heavy atom. The minimum absolute atomic E-state index is 0.125. The number of hydrogen-bond acceptors (Lipinski definition) is 2. The van der Waals surface area contributed by atoms with Crippen LogP contribution < -0.4 is 0 Å². The maximum Gasteiger partial charge on any atom is 0.0904 e. The van der Waals surface area contributed by atoms with Crippen LogP contribution in [0.15, 0.2) is 54.6 Å². The zero-order valence-corrected chi connectivity index (χ0v) is 14.1. The summed E-state index contributed by atoms with van der Waals surface area (Å²) < 4.78 is 8.69. The summed E-state index contributed by atoms with van der Waals surface area (Å²) in [6.07, 6.45) is 0.125. The van der Waals surface area contributed by atoms with Crippen molar-refractivity contribution in [3.05, 3.63) is 68.6 Å². The second kappa shape index (κ2) is 6.24. The summed E-state index contributed by atoms with van der Waals surface area (Å²) in [7, 11) is 0. The summed E-state index contributed by atoms with van der Waals surface area (Å²) in [5, 5.41) is 1.34. The average molecular weight is 394 g/mol. The first kappa shape index (κ1) is 14.0. The van der Waals surface area contributed by atoms with E-state index < -0.39 is 0 Å². The molecule has 3 aromatic rings. The van der Waals surface area contributed by atoms with E-state index in [4.69, 9.17) is 4.74 Å². The molecule has 1 heterocycles. The van der Waals surface area contributed by atoms with E-state index in [1.807, 2.05) is 29.5 Å². The molecule has 20 heavy (non-hydrogen) atoms. The highest BCUT2D eigenvalue weighted by Crippen LogP contribution is 2.37. The van der Waals surface area contributed by atoms with Gasteiger partial charge in [0.15, 0.2) is 0 Å². The maximum absolute atomic E-state index is 6.03. The molecule has 0 saturated heterocycles. The smallest absolute Gasteiger partial charge is 0.0904 e. The predicted octanol–water partition coefficient (Wildman–Crippen LogP) is 5.78. The van der Waals surface area contributed by atoms with Gasteiger partial charge in [0.25, 0.3) is 0 Å². The van der Waals surface area contributed by atoms with E-state index in [1.54, 1.807) is 0 Å².